The number of furan rings is 1. The summed E-state index contributed by atoms with van der Waals surface area (Å²) in [5.41, 5.74) is 4.78. The van der Waals surface area contributed by atoms with Gasteiger partial charge in [0.15, 0.2) is 11.0 Å². The van der Waals surface area contributed by atoms with E-state index in [0.29, 0.717) is 11.0 Å². The van der Waals surface area contributed by atoms with Gasteiger partial charge in [-0.3, -0.25) is 9.36 Å². The molecule has 1 amide bonds. The number of aryl methyl sites for hydroxylation is 3. The molecule has 0 aliphatic rings. The van der Waals surface area contributed by atoms with E-state index >= 15 is 0 Å². The van der Waals surface area contributed by atoms with Gasteiger partial charge in [0.1, 0.15) is 5.76 Å². The fraction of sp³-hybridized carbons (Fsp3) is 0.174. The van der Waals surface area contributed by atoms with Crippen molar-refractivity contribution in [2.24, 2.45) is 0 Å². The number of carbonyl (C=O) groups is 1. The van der Waals surface area contributed by atoms with E-state index in [1.807, 2.05) is 79.9 Å². The van der Waals surface area contributed by atoms with E-state index in [-0.39, 0.29) is 11.7 Å². The number of nitrogens with zero attached hydrogens (tertiary/aromatic N) is 3. The van der Waals surface area contributed by atoms with Gasteiger partial charge in [-0.05, 0) is 50.1 Å². The van der Waals surface area contributed by atoms with Gasteiger partial charge in [0.2, 0.25) is 5.91 Å². The molecule has 0 saturated heterocycles. The largest absolute Gasteiger partial charge is 0.469 e. The van der Waals surface area contributed by atoms with Crippen molar-refractivity contribution < 1.29 is 9.21 Å². The van der Waals surface area contributed by atoms with Crippen molar-refractivity contribution in [1.82, 2.24) is 14.8 Å². The zero-order chi connectivity index (χ0) is 21.1. The van der Waals surface area contributed by atoms with Crippen LogP contribution in [0.25, 0.3) is 17.1 Å². The monoisotopic (exact) mass is 418 g/mol. The second kappa shape index (κ2) is 8.59. The summed E-state index contributed by atoms with van der Waals surface area (Å²) in [6.45, 7) is 5.91. The number of hydrogen-bond acceptors (Lipinski definition) is 5. The summed E-state index contributed by atoms with van der Waals surface area (Å²) in [7, 11) is 0. The number of hydrogen-bond donors (Lipinski definition) is 1. The Morgan fingerprint density at radius 1 is 1.00 bits per heavy atom. The first-order chi connectivity index (χ1) is 14.5. The number of anilines is 1. The Labute approximate surface area is 179 Å². The summed E-state index contributed by atoms with van der Waals surface area (Å²) in [6, 6.07) is 17.6. The van der Waals surface area contributed by atoms with Crippen molar-refractivity contribution in [2.75, 3.05) is 11.1 Å². The molecule has 7 heteroatoms. The number of nitrogens with one attached hydrogen (secondary N) is 1. The number of benzene rings is 2. The zero-order valence-corrected chi connectivity index (χ0v) is 17.9. The molecule has 2 aromatic heterocycles. The van der Waals surface area contributed by atoms with Crippen LogP contribution < -0.4 is 5.32 Å². The average molecular weight is 419 g/mol. The van der Waals surface area contributed by atoms with Gasteiger partial charge in [0.05, 0.1) is 23.3 Å². The molecule has 4 aromatic rings. The third-order valence-corrected chi connectivity index (χ3v) is 5.77. The lowest BCUT2D eigenvalue weighted by molar-refractivity contribution is -0.113. The summed E-state index contributed by atoms with van der Waals surface area (Å²) in [6.07, 6.45) is 1.64. The van der Waals surface area contributed by atoms with Crippen molar-refractivity contribution in [2.45, 2.75) is 25.9 Å². The van der Waals surface area contributed by atoms with Crippen LogP contribution in [0.3, 0.4) is 0 Å². The minimum Gasteiger partial charge on any atom is -0.469 e. The molecule has 2 aromatic carbocycles. The van der Waals surface area contributed by atoms with E-state index in [1.54, 1.807) is 6.26 Å². The molecule has 0 spiro atoms. The first kappa shape index (κ1) is 20.0. The zero-order valence-electron chi connectivity index (χ0n) is 17.0. The standard InChI is InChI=1S/C23H22N4O2S/c1-15-8-4-6-10-19(15)24-21(28)14-30-23-26-25-22(18-12-13-29-17(18)3)27(23)20-11-7-5-9-16(20)2/h4-13H,14H2,1-3H3,(H,24,28). The second-order valence-electron chi connectivity index (χ2n) is 6.97. The predicted octanol–water partition coefficient (Wildman–Crippen LogP) is 5.18. The van der Waals surface area contributed by atoms with Crippen molar-refractivity contribution in [1.29, 1.82) is 0 Å². The third kappa shape index (κ3) is 4.02. The number of amides is 1. The first-order valence-electron chi connectivity index (χ1n) is 9.59. The highest BCUT2D eigenvalue weighted by Gasteiger charge is 2.20. The van der Waals surface area contributed by atoms with Gasteiger partial charge in [0, 0.05) is 5.69 Å². The number of para-hydroxylation sites is 2. The molecule has 0 aliphatic carbocycles. The van der Waals surface area contributed by atoms with Gasteiger partial charge in [-0.2, -0.15) is 0 Å². The van der Waals surface area contributed by atoms with Crippen LogP contribution in [-0.2, 0) is 4.79 Å². The summed E-state index contributed by atoms with van der Waals surface area (Å²) < 4.78 is 7.46. The predicted molar refractivity (Wildman–Crippen MR) is 119 cm³/mol. The van der Waals surface area contributed by atoms with Crippen LogP contribution >= 0.6 is 11.8 Å². The van der Waals surface area contributed by atoms with E-state index < -0.39 is 0 Å². The SMILES string of the molecule is Cc1ccccc1NC(=O)CSc1nnc(-c2ccoc2C)n1-c1ccccc1C. The number of aromatic nitrogens is 3. The maximum atomic E-state index is 12.5. The average Bonchev–Trinajstić information content (AvgIpc) is 3.34. The lowest BCUT2D eigenvalue weighted by atomic mass is 10.2. The normalized spacial score (nSPS) is 10.9. The minimum absolute atomic E-state index is 0.0883. The Morgan fingerprint density at radius 2 is 1.73 bits per heavy atom. The molecule has 1 N–H and O–H groups in total. The molecule has 2 heterocycles. The molecule has 0 unspecified atom stereocenters. The summed E-state index contributed by atoms with van der Waals surface area (Å²) >= 11 is 1.35. The Bertz CT molecular complexity index is 1200. The number of thioether (sulfide) groups is 1. The Hall–Kier alpha value is -3.32. The highest BCUT2D eigenvalue weighted by molar-refractivity contribution is 7.99. The topological polar surface area (TPSA) is 73.0 Å². The molecule has 0 atom stereocenters. The van der Waals surface area contributed by atoms with Gasteiger partial charge in [-0.25, -0.2) is 0 Å². The van der Waals surface area contributed by atoms with E-state index in [0.717, 1.165) is 33.8 Å². The maximum absolute atomic E-state index is 12.5. The minimum atomic E-state index is -0.0883. The maximum Gasteiger partial charge on any atom is 0.234 e. The summed E-state index contributed by atoms with van der Waals surface area (Å²) in [5.74, 6) is 1.60. The van der Waals surface area contributed by atoms with Crippen LogP contribution in [0.15, 0.2) is 70.4 Å². The molecular weight excluding hydrogens is 396 g/mol. The van der Waals surface area contributed by atoms with E-state index in [9.17, 15) is 4.79 Å². The van der Waals surface area contributed by atoms with Crippen LogP contribution in [0.1, 0.15) is 16.9 Å². The number of rotatable bonds is 6. The van der Waals surface area contributed by atoms with Gasteiger partial charge in [0.25, 0.3) is 0 Å². The molecule has 152 valence electrons. The lowest BCUT2D eigenvalue weighted by Crippen LogP contribution is -2.15. The molecule has 0 fully saturated rings. The van der Waals surface area contributed by atoms with E-state index in [4.69, 9.17) is 4.42 Å². The third-order valence-electron chi connectivity index (χ3n) is 4.84. The molecule has 0 radical (unpaired) electrons. The van der Waals surface area contributed by atoms with Crippen LogP contribution in [0.2, 0.25) is 0 Å². The molecule has 4 rings (SSSR count). The van der Waals surface area contributed by atoms with Crippen LogP contribution in [0, 0.1) is 20.8 Å². The van der Waals surface area contributed by atoms with Crippen LogP contribution in [0.5, 0.6) is 0 Å². The van der Waals surface area contributed by atoms with Gasteiger partial charge >= 0.3 is 0 Å². The van der Waals surface area contributed by atoms with Crippen molar-refractivity contribution in [3.05, 3.63) is 77.7 Å². The highest BCUT2D eigenvalue weighted by atomic mass is 32.2. The van der Waals surface area contributed by atoms with Crippen LogP contribution in [0.4, 0.5) is 5.69 Å². The van der Waals surface area contributed by atoms with E-state index in [2.05, 4.69) is 15.5 Å². The van der Waals surface area contributed by atoms with Gasteiger partial charge in [-0.1, -0.05) is 48.2 Å². The van der Waals surface area contributed by atoms with Gasteiger partial charge in [-0.15, -0.1) is 10.2 Å². The fourth-order valence-electron chi connectivity index (χ4n) is 3.22. The first-order valence-corrected chi connectivity index (χ1v) is 10.6. The molecule has 0 bridgehead atoms. The second-order valence-corrected chi connectivity index (χ2v) is 7.91. The van der Waals surface area contributed by atoms with Crippen molar-refractivity contribution >= 4 is 23.4 Å². The Morgan fingerprint density at radius 3 is 2.43 bits per heavy atom. The van der Waals surface area contributed by atoms with Gasteiger partial charge < -0.3 is 9.73 Å². The Balaban J connectivity index is 1.63. The molecule has 0 saturated carbocycles. The number of carbonyl (C=O) groups excluding carboxylic acids is 1. The lowest BCUT2D eigenvalue weighted by Gasteiger charge is -2.12. The molecule has 0 aliphatic heterocycles. The quantitative estimate of drug-likeness (QED) is 0.437. The van der Waals surface area contributed by atoms with Crippen molar-refractivity contribution in [3.8, 4) is 17.1 Å². The van der Waals surface area contributed by atoms with Crippen LogP contribution in [-0.4, -0.2) is 26.4 Å². The summed E-state index contributed by atoms with van der Waals surface area (Å²) in [5, 5.41) is 12.4. The summed E-state index contributed by atoms with van der Waals surface area (Å²) in [4.78, 5) is 12.5. The van der Waals surface area contributed by atoms with Crippen molar-refractivity contribution in [3.63, 3.8) is 0 Å². The highest BCUT2D eigenvalue weighted by Crippen LogP contribution is 2.31. The molecular formula is C23H22N4O2S. The molecule has 6 nitrogen and oxygen atoms in total. The smallest absolute Gasteiger partial charge is 0.234 e. The van der Waals surface area contributed by atoms with E-state index in [1.165, 1.54) is 11.8 Å². The Kier molecular flexibility index (Phi) is 5.72. The molecule has 30 heavy (non-hydrogen) atoms. The fourth-order valence-corrected chi connectivity index (χ4v) is 3.96.